The molecule has 1 aromatic heterocycles. The molecule has 4 nitrogen and oxygen atoms in total. The van der Waals surface area contributed by atoms with Crippen LogP contribution < -0.4 is 0 Å². The molecule has 0 radical (unpaired) electrons. The Kier molecular flexibility index (Phi) is 5.12. The Bertz CT molecular complexity index is 757. The van der Waals surface area contributed by atoms with Gasteiger partial charge in [-0.2, -0.15) is 5.26 Å². The minimum absolute atomic E-state index is 0.0488. The second-order valence-corrected chi connectivity index (χ2v) is 6.37. The molecule has 122 valence electrons. The van der Waals surface area contributed by atoms with E-state index in [1.165, 1.54) is 0 Å². The van der Waals surface area contributed by atoms with Gasteiger partial charge < -0.3 is 4.90 Å². The Morgan fingerprint density at radius 3 is 2.79 bits per heavy atom. The Morgan fingerprint density at radius 2 is 2.08 bits per heavy atom. The van der Waals surface area contributed by atoms with E-state index in [1.54, 1.807) is 11.1 Å². The van der Waals surface area contributed by atoms with Crippen molar-refractivity contribution in [3.63, 3.8) is 0 Å². The smallest absolute Gasteiger partial charge is 0.226 e. The van der Waals surface area contributed by atoms with Crippen LogP contribution >= 0.6 is 11.6 Å². The molecule has 1 aliphatic carbocycles. The maximum atomic E-state index is 12.9. The van der Waals surface area contributed by atoms with E-state index in [9.17, 15) is 4.79 Å². The minimum Gasteiger partial charge on any atom is -0.336 e. The van der Waals surface area contributed by atoms with Crippen LogP contribution in [0, 0.1) is 17.2 Å². The predicted molar refractivity (Wildman–Crippen MR) is 92.2 cm³/mol. The molecule has 24 heavy (non-hydrogen) atoms. The molecule has 5 heteroatoms. The van der Waals surface area contributed by atoms with Gasteiger partial charge in [-0.25, -0.2) is 0 Å². The number of nitrogens with zero attached hydrogens (tertiary/aromatic N) is 3. The van der Waals surface area contributed by atoms with Crippen molar-refractivity contribution < 1.29 is 4.79 Å². The predicted octanol–water partition coefficient (Wildman–Crippen LogP) is 3.78. The largest absolute Gasteiger partial charge is 0.336 e. The third kappa shape index (κ3) is 3.74. The van der Waals surface area contributed by atoms with E-state index in [2.05, 4.69) is 11.1 Å². The summed E-state index contributed by atoms with van der Waals surface area (Å²) in [6.45, 7) is 0.866. The van der Waals surface area contributed by atoms with Crippen LogP contribution in [0.1, 0.15) is 30.0 Å². The van der Waals surface area contributed by atoms with Gasteiger partial charge in [0.1, 0.15) is 0 Å². The highest BCUT2D eigenvalue weighted by molar-refractivity contribution is 6.31. The molecule has 0 N–H and O–H groups in total. The molecular formula is C19H18ClN3O. The maximum absolute atomic E-state index is 12.9. The molecule has 0 bridgehead atoms. The molecule has 0 spiro atoms. The highest BCUT2D eigenvalue weighted by atomic mass is 35.5. The SMILES string of the molecule is N#CCCN(Cc1ccccn1)C(=O)[C@H]1C[C@@H]1c1ccccc1Cl. The van der Waals surface area contributed by atoms with E-state index in [0.29, 0.717) is 24.5 Å². The molecule has 1 saturated carbocycles. The van der Waals surface area contributed by atoms with Crippen LogP contribution in [0.15, 0.2) is 48.7 Å². The van der Waals surface area contributed by atoms with Gasteiger partial charge in [0.2, 0.25) is 5.91 Å². The molecule has 0 unspecified atom stereocenters. The number of amides is 1. The number of carbonyl (C=O) groups excluding carboxylic acids is 1. The first-order chi connectivity index (χ1) is 11.7. The van der Waals surface area contributed by atoms with Crippen LogP contribution in [0.25, 0.3) is 0 Å². The molecular weight excluding hydrogens is 322 g/mol. The van der Waals surface area contributed by atoms with Gasteiger partial charge >= 0.3 is 0 Å². The summed E-state index contributed by atoms with van der Waals surface area (Å²) in [6.07, 6.45) is 2.85. The highest BCUT2D eigenvalue weighted by Crippen LogP contribution is 2.50. The van der Waals surface area contributed by atoms with Gasteiger partial charge in [0.15, 0.2) is 0 Å². The fraction of sp³-hybridized carbons (Fsp3) is 0.316. The van der Waals surface area contributed by atoms with Crippen molar-refractivity contribution in [3.05, 3.63) is 64.9 Å². The van der Waals surface area contributed by atoms with Crippen LogP contribution in [0.5, 0.6) is 0 Å². The number of carbonyl (C=O) groups is 1. The van der Waals surface area contributed by atoms with Crippen LogP contribution in [-0.4, -0.2) is 22.3 Å². The van der Waals surface area contributed by atoms with E-state index in [-0.39, 0.29) is 17.7 Å². The number of hydrogen-bond acceptors (Lipinski definition) is 3. The van der Waals surface area contributed by atoms with Crippen molar-refractivity contribution in [2.24, 2.45) is 5.92 Å². The lowest BCUT2D eigenvalue weighted by molar-refractivity contribution is -0.133. The third-order valence-corrected chi connectivity index (χ3v) is 4.64. The normalized spacial score (nSPS) is 18.7. The van der Waals surface area contributed by atoms with Crippen molar-refractivity contribution in [1.82, 2.24) is 9.88 Å². The van der Waals surface area contributed by atoms with Gasteiger partial charge in [-0.3, -0.25) is 9.78 Å². The fourth-order valence-electron chi connectivity index (χ4n) is 2.96. The first kappa shape index (κ1) is 16.5. The molecule has 0 aliphatic heterocycles. The lowest BCUT2D eigenvalue weighted by atomic mass is 10.1. The van der Waals surface area contributed by atoms with E-state index in [1.807, 2.05) is 42.5 Å². The van der Waals surface area contributed by atoms with Crippen LogP contribution in [0.3, 0.4) is 0 Å². The number of halogens is 1. The standard InChI is InChI=1S/C19H18ClN3O/c20-18-8-2-1-7-15(18)16-12-17(16)19(24)23(11-5-9-21)13-14-6-3-4-10-22-14/h1-4,6-8,10,16-17H,5,11-13H2/t16-,17+/m1/s1. The number of aromatic nitrogens is 1. The molecule has 1 heterocycles. The molecule has 1 fully saturated rings. The Balaban J connectivity index is 1.71. The van der Waals surface area contributed by atoms with Crippen molar-refractivity contribution in [3.8, 4) is 6.07 Å². The summed E-state index contributed by atoms with van der Waals surface area (Å²) in [7, 11) is 0. The average molecular weight is 340 g/mol. The van der Waals surface area contributed by atoms with Gasteiger partial charge in [-0.1, -0.05) is 35.9 Å². The number of benzene rings is 1. The zero-order chi connectivity index (χ0) is 16.9. The van der Waals surface area contributed by atoms with E-state index in [0.717, 1.165) is 17.7 Å². The van der Waals surface area contributed by atoms with Gasteiger partial charge in [0, 0.05) is 23.7 Å². The Labute approximate surface area is 146 Å². The van der Waals surface area contributed by atoms with Crippen molar-refractivity contribution in [1.29, 1.82) is 5.26 Å². The number of rotatable bonds is 6. The van der Waals surface area contributed by atoms with Crippen molar-refractivity contribution >= 4 is 17.5 Å². The van der Waals surface area contributed by atoms with Gasteiger partial charge in [-0.05, 0) is 36.1 Å². The van der Waals surface area contributed by atoms with Crippen LogP contribution in [0.2, 0.25) is 5.02 Å². The topological polar surface area (TPSA) is 57.0 Å². The van der Waals surface area contributed by atoms with Crippen LogP contribution in [-0.2, 0) is 11.3 Å². The average Bonchev–Trinajstić information content (AvgIpc) is 3.40. The molecule has 1 aromatic carbocycles. The van der Waals surface area contributed by atoms with E-state index < -0.39 is 0 Å². The maximum Gasteiger partial charge on any atom is 0.226 e. The lowest BCUT2D eigenvalue weighted by Gasteiger charge is -2.21. The van der Waals surface area contributed by atoms with E-state index >= 15 is 0 Å². The zero-order valence-corrected chi connectivity index (χ0v) is 14.0. The Hall–Kier alpha value is -2.38. The first-order valence-electron chi connectivity index (χ1n) is 8.00. The summed E-state index contributed by atoms with van der Waals surface area (Å²) >= 11 is 6.24. The third-order valence-electron chi connectivity index (χ3n) is 4.30. The van der Waals surface area contributed by atoms with Gasteiger partial charge in [0.05, 0.1) is 24.7 Å². The number of hydrogen-bond donors (Lipinski definition) is 0. The minimum atomic E-state index is -0.0488. The summed E-state index contributed by atoms with van der Waals surface area (Å²) in [6, 6.07) is 15.4. The van der Waals surface area contributed by atoms with Gasteiger partial charge in [-0.15, -0.1) is 0 Å². The first-order valence-corrected chi connectivity index (χ1v) is 8.38. The molecule has 3 rings (SSSR count). The molecule has 1 amide bonds. The second kappa shape index (κ2) is 7.46. The van der Waals surface area contributed by atoms with E-state index in [4.69, 9.17) is 16.9 Å². The molecule has 2 aromatic rings. The van der Waals surface area contributed by atoms with Crippen molar-refractivity contribution in [2.45, 2.75) is 25.3 Å². The quantitative estimate of drug-likeness (QED) is 0.804. The number of pyridine rings is 1. The fourth-order valence-corrected chi connectivity index (χ4v) is 3.24. The second-order valence-electron chi connectivity index (χ2n) is 5.96. The summed E-state index contributed by atoms with van der Waals surface area (Å²) in [5.74, 6) is 0.215. The molecule has 1 aliphatic rings. The van der Waals surface area contributed by atoms with Crippen LogP contribution in [0.4, 0.5) is 0 Å². The zero-order valence-electron chi connectivity index (χ0n) is 13.2. The summed E-state index contributed by atoms with van der Waals surface area (Å²) in [5, 5.41) is 9.58. The molecule has 2 atom stereocenters. The number of nitriles is 1. The summed E-state index contributed by atoms with van der Waals surface area (Å²) in [5.41, 5.74) is 1.87. The molecule has 0 saturated heterocycles. The summed E-state index contributed by atoms with van der Waals surface area (Å²) < 4.78 is 0. The summed E-state index contributed by atoms with van der Waals surface area (Å²) in [4.78, 5) is 18.9. The highest BCUT2D eigenvalue weighted by Gasteiger charge is 2.46. The monoisotopic (exact) mass is 339 g/mol. The Morgan fingerprint density at radius 1 is 1.29 bits per heavy atom. The lowest BCUT2D eigenvalue weighted by Crippen LogP contribution is -2.33. The van der Waals surface area contributed by atoms with Crippen molar-refractivity contribution in [2.75, 3.05) is 6.54 Å². The van der Waals surface area contributed by atoms with Gasteiger partial charge in [0.25, 0.3) is 0 Å².